The quantitative estimate of drug-likeness (QED) is 0.876. The van der Waals surface area contributed by atoms with E-state index in [4.69, 9.17) is 5.73 Å². The summed E-state index contributed by atoms with van der Waals surface area (Å²) in [5.74, 6) is -0.578. The van der Waals surface area contributed by atoms with Gasteiger partial charge in [0.15, 0.2) is 0 Å². The number of hydrogen-bond acceptors (Lipinski definition) is 4. The number of carbonyl (C=O) groups excluding carboxylic acids is 2. The first kappa shape index (κ1) is 16.5. The second-order valence-corrected chi connectivity index (χ2v) is 6.98. The number of nitrogens with two attached hydrogens (primary N) is 1. The molecule has 1 aromatic carbocycles. The van der Waals surface area contributed by atoms with Crippen molar-refractivity contribution in [3.63, 3.8) is 0 Å². The summed E-state index contributed by atoms with van der Waals surface area (Å²) < 4.78 is 0. The van der Waals surface area contributed by atoms with Crippen LogP contribution in [-0.4, -0.2) is 24.9 Å². The number of primary amides is 1. The van der Waals surface area contributed by atoms with E-state index in [2.05, 4.69) is 10.2 Å². The maximum atomic E-state index is 12.4. The molecule has 1 aromatic heterocycles. The molecule has 0 bridgehead atoms. The SMILES string of the molecule is NC(=O)c1ccc(N2CCCCC2)c(NC(=O)Cc2cccs2)c1. The van der Waals surface area contributed by atoms with Gasteiger partial charge in [0.2, 0.25) is 11.8 Å². The zero-order valence-electron chi connectivity index (χ0n) is 13.5. The van der Waals surface area contributed by atoms with Gasteiger partial charge in [0.1, 0.15) is 0 Å². The Bertz CT molecular complexity index is 722. The van der Waals surface area contributed by atoms with E-state index in [-0.39, 0.29) is 5.91 Å². The molecule has 2 aromatic rings. The third-order valence-corrected chi connectivity index (χ3v) is 5.04. The molecule has 2 amide bonds. The van der Waals surface area contributed by atoms with E-state index < -0.39 is 5.91 Å². The Balaban J connectivity index is 1.83. The van der Waals surface area contributed by atoms with Crippen LogP contribution in [0.5, 0.6) is 0 Å². The second kappa shape index (κ2) is 7.49. The molecule has 3 rings (SSSR count). The maximum Gasteiger partial charge on any atom is 0.248 e. The third-order valence-electron chi connectivity index (χ3n) is 4.17. The summed E-state index contributed by atoms with van der Waals surface area (Å²) >= 11 is 1.56. The molecule has 3 N–H and O–H groups in total. The van der Waals surface area contributed by atoms with E-state index in [0.717, 1.165) is 36.5 Å². The van der Waals surface area contributed by atoms with Gasteiger partial charge in [-0.1, -0.05) is 6.07 Å². The first-order chi connectivity index (χ1) is 11.6. The minimum Gasteiger partial charge on any atom is -0.370 e. The number of nitrogens with zero attached hydrogens (tertiary/aromatic N) is 1. The van der Waals surface area contributed by atoms with Gasteiger partial charge in [-0.25, -0.2) is 0 Å². The van der Waals surface area contributed by atoms with Crippen molar-refractivity contribution in [3.05, 3.63) is 46.2 Å². The summed E-state index contributed by atoms with van der Waals surface area (Å²) in [5.41, 5.74) is 7.41. The fraction of sp³-hybridized carbons (Fsp3) is 0.333. The lowest BCUT2D eigenvalue weighted by atomic mass is 10.1. The highest BCUT2D eigenvalue weighted by molar-refractivity contribution is 7.10. The Morgan fingerprint density at radius 1 is 1.17 bits per heavy atom. The van der Waals surface area contributed by atoms with Gasteiger partial charge in [0, 0.05) is 23.5 Å². The van der Waals surface area contributed by atoms with Gasteiger partial charge < -0.3 is 16.0 Å². The van der Waals surface area contributed by atoms with Gasteiger partial charge in [0.25, 0.3) is 0 Å². The highest BCUT2D eigenvalue weighted by atomic mass is 32.1. The molecule has 5 nitrogen and oxygen atoms in total. The normalized spacial score (nSPS) is 14.4. The number of amides is 2. The van der Waals surface area contributed by atoms with E-state index in [1.807, 2.05) is 23.6 Å². The minimum absolute atomic E-state index is 0.0858. The number of benzene rings is 1. The lowest BCUT2D eigenvalue weighted by molar-refractivity contribution is -0.115. The van der Waals surface area contributed by atoms with E-state index in [9.17, 15) is 9.59 Å². The molecule has 0 aliphatic carbocycles. The van der Waals surface area contributed by atoms with Gasteiger partial charge in [-0.15, -0.1) is 11.3 Å². The minimum atomic E-state index is -0.492. The zero-order chi connectivity index (χ0) is 16.9. The molecular formula is C18H21N3O2S. The van der Waals surface area contributed by atoms with Gasteiger partial charge in [0.05, 0.1) is 17.8 Å². The Morgan fingerprint density at radius 3 is 2.62 bits per heavy atom. The van der Waals surface area contributed by atoms with Gasteiger partial charge >= 0.3 is 0 Å². The van der Waals surface area contributed by atoms with Gasteiger partial charge in [-0.2, -0.15) is 0 Å². The van der Waals surface area contributed by atoms with Crippen LogP contribution in [0.15, 0.2) is 35.7 Å². The molecule has 6 heteroatoms. The van der Waals surface area contributed by atoms with Crippen molar-refractivity contribution >= 4 is 34.5 Å². The maximum absolute atomic E-state index is 12.4. The molecule has 1 aliphatic heterocycles. The number of nitrogens with one attached hydrogen (secondary N) is 1. The number of anilines is 2. The highest BCUT2D eigenvalue weighted by Gasteiger charge is 2.17. The summed E-state index contributed by atoms with van der Waals surface area (Å²) in [5, 5.41) is 4.91. The number of rotatable bonds is 5. The van der Waals surface area contributed by atoms with Crippen LogP contribution >= 0.6 is 11.3 Å². The van der Waals surface area contributed by atoms with Crippen molar-refractivity contribution < 1.29 is 9.59 Å². The van der Waals surface area contributed by atoms with Crippen LogP contribution in [0, 0.1) is 0 Å². The standard InChI is InChI=1S/C18H21N3O2S/c19-18(23)13-6-7-16(21-8-2-1-3-9-21)15(11-13)20-17(22)12-14-5-4-10-24-14/h4-7,10-11H,1-3,8-9,12H2,(H2,19,23)(H,20,22). The summed E-state index contributed by atoms with van der Waals surface area (Å²) in [7, 11) is 0. The van der Waals surface area contributed by atoms with Crippen LogP contribution in [0.3, 0.4) is 0 Å². The molecule has 1 aliphatic rings. The summed E-state index contributed by atoms with van der Waals surface area (Å²) in [6, 6.07) is 9.15. The summed E-state index contributed by atoms with van der Waals surface area (Å²) in [6.07, 6.45) is 3.84. The number of hydrogen-bond donors (Lipinski definition) is 2. The first-order valence-electron chi connectivity index (χ1n) is 8.14. The van der Waals surface area contributed by atoms with Gasteiger partial charge in [-0.3, -0.25) is 9.59 Å². The van der Waals surface area contributed by atoms with Crippen molar-refractivity contribution in [2.75, 3.05) is 23.3 Å². The van der Waals surface area contributed by atoms with Crippen LogP contribution in [0.25, 0.3) is 0 Å². The molecule has 0 unspecified atom stereocenters. The first-order valence-corrected chi connectivity index (χ1v) is 9.02. The van der Waals surface area contributed by atoms with Gasteiger partial charge in [-0.05, 0) is 48.9 Å². The molecular weight excluding hydrogens is 322 g/mol. The van der Waals surface area contributed by atoms with Crippen molar-refractivity contribution in [2.45, 2.75) is 25.7 Å². The summed E-state index contributed by atoms with van der Waals surface area (Å²) in [6.45, 7) is 1.92. The number of carbonyl (C=O) groups is 2. The fourth-order valence-electron chi connectivity index (χ4n) is 2.97. The lowest BCUT2D eigenvalue weighted by Crippen LogP contribution is -2.30. The molecule has 0 spiro atoms. The predicted molar refractivity (Wildman–Crippen MR) is 97.7 cm³/mol. The molecule has 126 valence electrons. The Morgan fingerprint density at radius 2 is 1.96 bits per heavy atom. The number of thiophene rings is 1. The monoisotopic (exact) mass is 343 g/mol. The van der Waals surface area contributed by atoms with E-state index >= 15 is 0 Å². The molecule has 2 heterocycles. The smallest absolute Gasteiger partial charge is 0.248 e. The molecule has 1 saturated heterocycles. The van der Waals surface area contributed by atoms with E-state index in [1.165, 1.54) is 6.42 Å². The highest BCUT2D eigenvalue weighted by Crippen LogP contribution is 2.30. The molecule has 0 radical (unpaired) electrons. The molecule has 0 atom stereocenters. The van der Waals surface area contributed by atoms with E-state index in [1.54, 1.807) is 23.5 Å². The largest absolute Gasteiger partial charge is 0.370 e. The zero-order valence-corrected chi connectivity index (χ0v) is 14.3. The van der Waals surface area contributed by atoms with Crippen LogP contribution in [-0.2, 0) is 11.2 Å². The molecule has 0 saturated carbocycles. The van der Waals surface area contributed by atoms with Crippen LogP contribution in [0.4, 0.5) is 11.4 Å². The summed E-state index contributed by atoms with van der Waals surface area (Å²) in [4.78, 5) is 27.1. The Kier molecular flexibility index (Phi) is 5.15. The fourth-order valence-corrected chi connectivity index (χ4v) is 3.67. The molecule has 1 fully saturated rings. The average molecular weight is 343 g/mol. The van der Waals surface area contributed by atoms with Crippen molar-refractivity contribution in [3.8, 4) is 0 Å². The van der Waals surface area contributed by atoms with Crippen LogP contribution in [0.1, 0.15) is 34.5 Å². The second-order valence-electron chi connectivity index (χ2n) is 5.95. The Labute approximate surface area is 145 Å². The van der Waals surface area contributed by atoms with Crippen molar-refractivity contribution in [1.82, 2.24) is 0 Å². The lowest BCUT2D eigenvalue weighted by Gasteiger charge is -2.30. The van der Waals surface area contributed by atoms with E-state index in [0.29, 0.717) is 17.7 Å². The Hall–Kier alpha value is -2.34. The topological polar surface area (TPSA) is 75.4 Å². The van der Waals surface area contributed by atoms with Crippen molar-refractivity contribution in [1.29, 1.82) is 0 Å². The third kappa shape index (κ3) is 3.94. The number of piperidine rings is 1. The van der Waals surface area contributed by atoms with Crippen LogP contribution < -0.4 is 16.0 Å². The average Bonchev–Trinajstić information content (AvgIpc) is 3.08. The van der Waals surface area contributed by atoms with Crippen LogP contribution in [0.2, 0.25) is 0 Å². The predicted octanol–water partition coefficient (Wildman–Crippen LogP) is 3.02. The van der Waals surface area contributed by atoms with Crippen molar-refractivity contribution in [2.24, 2.45) is 5.73 Å². The molecule has 24 heavy (non-hydrogen) atoms.